The van der Waals surface area contributed by atoms with Crippen LogP contribution in [-0.4, -0.2) is 57.2 Å². The molecule has 0 bridgehead atoms. The topological polar surface area (TPSA) is 71.1 Å². The molecule has 0 aliphatic carbocycles. The predicted octanol–water partition coefficient (Wildman–Crippen LogP) is 6.68. The molecule has 1 aliphatic heterocycles. The van der Waals surface area contributed by atoms with Gasteiger partial charge in [-0.25, -0.2) is 4.98 Å². The molecular formula is C29H26ClF3N4O3. The Kier molecular flexibility index (Phi) is 7.46. The smallest absolute Gasteiger partial charge is 0.420 e. The number of hydrogen-bond donors (Lipinski definition) is 0. The molecule has 1 aromatic carbocycles. The molecule has 0 atom stereocenters. The Morgan fingerprint density at radius 1 is 1.12 bits per heavy atom. The monoisotopic (exact) mass is 570 g/mol. The molecule has 4 heterocycles. The molecule has 0 spiro atoms. The molecule has 0 radical (unpaired) electrons. The number of rotatable bonds is 6. The van der Waals surface area contributed by atoms with Crippen LogP contribution < -0.4 is 0 Å². The van der Waals surface area contributed by atoms with Gasteiger partial charge in [-0.3, -0.25) is 14.0 Å². The first-order chi connectivity index (χ1) is 19.1. The van der Waals surface area contributed by atoms with Gasteiger partial charge >= 0.3 is 6.18 Å². The summed E-state index contributed by atoms with van der Waals surface area (Å²) in [4.78, 5) is 33.8. The number of amides is 2. The highest BCUT2D eigenvalue weighted by Gasteiger charge is 2.37. The van der Waals surface area contributed by atoms with E-state index in [4.69, 9.17) is 16.0 Å². The van der Waals surface area contributed by atoms with Crippen molar-refractivity contribution < 1.29 is 27.2 Å². The Bertz CT molecular complexity index is 1600. The largest absolute Gasteiger partial charge is 0.472 e. The van der Waals surface area contributed by atoms with Crippen molar-refractivity contribution >= 4 is 34.6 Å². The second-order valence-electron chi connectivity index (χ2n) is 9.35. The Hall–Kier alpha value is -4.05. The van der Waals surface area contributed by atoms with Crippen LogP contribution in [0.2, 0.25) is 5.15 Å². The fraction of sp³-hybridized carbons (Fsp3) is 0.276. The number of benzene rings is 1. The fourth-order valence-electron chi connectivity index (χ4n) is 4.93. The van der Waals surface area contributed by atoms with Crippen LogP contribution in [0.4, 0.5) is 13.2 Å². The van der Waals surface area contributed by atoms with Gasteiger partial charge in [0.05, 0.1) is 18.1 Å². The molecule has 0 fully saturated rings. The zero-order valence-corrected chi connectivity index (χ0v) is 22.6. The van der Waals surface area contributed by atoms with E-state index in [0.717, 1.165) is 21.6 Å². The molecule has 1 aliphatic rings. The molecular weight excluding hydrogens is 545 g/mol. The van der Waals surface area contributed by atoms with Crippen molar-refractivity contribution in [3.8, 4) is 11.1 Å². The van der Waals surface area contributed by atoms with Gasteiger partial charge in [-0.05, 0) is 49.6 Å². The summed E-state index contributed by atoms with van der Waals surface area (Å²) in [6.45, 7) is 5.50. The third-order valence-corrected chi connectivity index (χ3v) is 7.44. The summed E-state index contributed by atoms with van der Waals surface area (Å²) in [5.41, 5.74) is 1.24. The summed E-state index contributed by atoms with van der Waals surface area (Å²) < 4.78 is 48.0. The molecule has 40 heavy (non-hydrogen) atoms. The predicted molar refractivity (Wildman–Crippen MR) is 145 cm³/mol. The standard InChI is InChI=1S/C29H26ClF3N4O3/c1-3-35(4-2)27(38)22-8-6-5-7-21(22)18-9-12-36(13-10-18)28(39)24-25(30)37-16-20(19-11-14-40-17-19)15-23(26(37)34-24)29(31,32)33/h5-9,11,14-17H,3-4,10,12-13H2,1-2H3. The first-order valence-electron chi connectivity index (χ1n) is 12.8. The van der Waals surface area contributed by atoms with Gasteiger partial charge in [0.2, 0.25) is 0 Å². The van der Waals surface area contributed by atoms with Crippen LogP contribution in [0, 0.1) is 0 Å². The lowest BCUT2D eigenvalue weighted by molar-refractivity contribution is -0.136. The Labute approximate surface area is 233 Å². The summed E-state index contributed by atoms with van der Waals surface area (Å²) in [6.07, 6.45) is 1.67. The fourth-order valence-corrected chi connectivity index (χ4v) is 5.18. The van der Waals surface area contributed by atoms with Gasteiger partial charge in [-0.15, -0.1) is 0 Å². The first-order valence-corrected chi connectivity index (χ1v) is 13.2. The Morgan fingerprint density at radius 3 is 2.50 bits per heavy atom. The molecule has 0 saturated carbocycles. The summed E-state index contributed by atoms with van der Waals surface area (Å²) in [7, 11) is 0. The van der Waals surface area contributed by atoms with Crippen molar-refractivity contribution in [2.45, 2.75) is 26.4 Å². The highest BCUT2D eigenvalue weighted by atomic mass is 35.5. The van der Waals surface area contributed by atoms with Crippen molar-refractivity contribution in [3.05, 3.63) is 88.7 Å². The van der Waals surface area contributed by atoms with E-state index in [1.807, 2.05) is 38.1 Å². The van der Waals surface area contributed by atoms with Gasteiger partial charge in [-0.1, -0.05) is 35.9 Å². The van der Waals surface area contributed by atoms with Crippen molar-refractivity contribution in [3.63, 3.8) is 0 Å². The SMILES string of the molecule is CCN(CC)C(=O)c1ccccc1C1=CCN(C(=O)c2nc3c(C(F)(F)F)cc(-c4ccoc4)cn3c2Cl)CC1. The molecule has 0 unspecified atom stereocenters. The number of hydrogen-bond acceptors (Lipinski definition) is 4. The number of carbonyl (C=O) groups is 2. The van der Waals surface area contributed by atoms with E-state index in [0.29, 0.717) is 30.6 Å². The molecule has 7 nitrogen and oxygen atoms in total. The average Bonchev–Trinajstić information content (AvgIpc) is 3.61. The van der Waals surface area contributed by atoms with Crippen LogP contribution in [0.25, 0.3) is 22.3 Å². The number of fused-ring (bicyclic) bond motifs is 1. The average molecular weight is 571 g/mol. The normalized spacial score (nSPS) is 13.9. The van der Waals surface area contributed by atoms with E-state index in [9.17, 15) is 22.8 Å². The van der Waals surface area contributed by atoms with Crippen molar-refractivity contribution in [2.75, 3.05) is 26.2 Å². The van der Waals surface area contributed by atoms with Crippen molar-refractivity contribution in [2.24, 2.45) is 0 Å². The van der Waals surface area contributed by atoms with E-state index in [-0.39, 0.29) is 35.4 Å². The zero-order chi connectivity index (χ0) is 28.6. The van der Waals surface area contributed by atoms with Crippen molar-refractivity contribution in [1.29, 1.82) is 0 Å². The number of imidazole rings is 1. The van der Waals surface area contributed by atoms with Gasteiger partial charge in [0.1, 0.15) is 5.15 Å². The first kappa shape index (κ1) is 27.5. The molecule has 11 heteroatoms. The number of aromatic nitrogens is 2. The number of furan rings is 1. The van der Waals surface area contributed by atoms with Gasteiger partial charge < -0.3 is 14.2 Å². The van der Waals surface area contributed by atoms with Gasteiger partial charge in [0.15, 0.2) is 11.3 Å². The maximum absolute atomic E-state index is 14.0. The van der Waals surface area contributed by atoms with E-state index in [1.54, 1.807) is 11.0 Å². The number of nitrogens with zero attached hydrogens (tertiary/aromatic N) is 4. The molecule has 0 saturated heterocycles. The van der Waals surface area contributed by atoms with E-state index < -0.39 is 23.3 Å². The van der Waals surface area contributed by atoms with Crippen LogP contribution in [0.1, 0.15) is 52.2 Å². The van der Waals surface area contributed by atoms with Crippen LogP contribution in [0.15, 0.2) is 65.6 Å². The molecule has 5 rings (SSSR count). The lowest BCUT2D eigenvalue weighted by Gasteiger charge is -2.27. The van der Waals surface area contributed by atoms with E-state index in [1.165, 1.54) is 29.7 Å². The molecule has 3 aromatic heterocycles. The summed E-state index contributed by atoms with van der Waals surface area (Å²) >= 11 is 6.47. The Morgan fingerprint density at radius 2 is 1.88 bits per heavy atom. The third-order valence-electron chi connectivity index (χ3n) is 7.07. The van der Waals surface area contributed by atoms with Crippen LogP contribution in [0.5, 0.6) is 0 Å². The van der Waals surface area contributed by atoms with Crippen LogP contribution >= 0.6 is 11.6 Å². The lowest BCUT2D eigenvalue weighted by Crippen LogP contribution is -2.35. The minimum atomic E-state index is -4.73. The van der Waals surface area contributed by atoms with E-state index >= 15 is 0 Å². The minimum absolute atomic E-state index is 0.0632. The molecule has 4 aromatic rings. The number of carbonyl (C=O) groups excluding carboxylic acids is 2. The number of halogens is 4. The minimum Gasteiger partial charge on any atom is -0.472 e. The highest BCUT2D eigenvalue weighted by Crippen LogP contribution is 2.37. The Balaban J connectivity index is 1.46. The number of alkyl halides is 3. The van der Waals surface area contributed by atoms with Crippen LogP contribution in [-0.2, 0) is 6.18 Å². The van der Waals surface area contributed by atoms with Gasteiger partial charge in [-0.2, -0.15) is 13.2 Å². The summed E-state index contributed by atoms with van der Waals surface area (Å²) in [6, 6.07) is 9.85. The van der Waals surface area contributed by atoms with E-state index in [2.05, 4.69) is 4.98 Å². The summed E-state index contributed by atoms with van der Waals surface area (Å²) in [5, 5.41) is -0.208. The zero-order valence-electron chi connectivity index (χ0n) is 21.8. The number of pyridine rings is 1. The lowest BCUT2D eigenvalue weighted by atomic mass is 9.94. The second kappa shape index (κ2) is 10.8. The van der Waals surface area contributed by atoms with Gasteiger partial charge in [0, 0.05) is 49.1 Å². The molecule has 2 amide bonds. The maximum Gasteiger partial charge on any atom is 0.420 e. The molecule has 0 N–H and O–H groups in total. The van der Waals surface area contributed by atoms with Crippen LogP contribution in [0.3, 0.4) is 0 Å². The molecule has 208 valence electrons. The maximum atomic E-state index is 14.0. The third kappa shape index (κ3) is 4.99. The quantitative estimate of drug-likeness (QED) is 0.259. The highest BCUT2D eigenvalue weighted by molar-refractivity contribution is 6.33. The van der Waals surface area contributed by atoms with Crippen molar-refractivity contribution in [1.82, 2.24) is 19.2 Å². The second-order valence-corrected chi connectivity index (χ2v) is 9.71. The van der Waals surface area contributed by atoms with Gasteiger partial charge in [0.25, 0.3) is 11.8 Å². The summed E-state index contributed by atoms with van der Waals surface area (Å²) in [5.74, 6) is -0.638.